The number of rotatable bonds is 2. The summed E-state index contributed by atoms with van der Waals surface area (Å²) in [5.41, 5.74) is 6.25. The largest absolute Gasteiger partial charge is 0.490 e. The van der Waals surface area contributed by atoms with Gasteiger partial charge in [0.1, 0.15) is 5.69 Å². The van der Waals surface area contributed by atoms with Crippen LogP contribution in [0, 0.1) is 11.6 Å². The molecule has 0 spiro atoms. The first kappa shape index (κ1) is 13.5. The van der Waals surface area contributed by atoms with Gasteiger partial charge in [-0.15, -0.1) is 0 Å². The lowest BCUT2D eigenvalue weighted by Gasteiger charge is -2.13. The maximum Gasteiger partial charge on any atom is 0.184 e. The number of fused-ring (bicyclic) bond motifs is 1. The van der Waals surface area contributed by atoms with Crippen LogP contribution in [-0.2, 0) is 0 Å². The molecule has 21 heavy (non-hydrogen) atoms. The van der Waals surface area contributed by atoms with Crippen molar-refractivity contribution < 1.29 is 18.3 Å². The first-order valence-corrected chi connectivity index (χ1v) is 6.55. The molecule has 2 aromatic rings. The van der Waals surface area contributed by atoms with Gasteiger partial charge in [0.15, 0.2) is 23.1 Å². The minimum atomic E-state index is -1.01. The Morgan fingerprint density at radius 2 is 1.76 bits per heavy atom. The Labute approximate surface area is 120 Å². The highest BCUT2D eigenvalue weighted by Crippen LogP contribution is 2.35. The summed E-state index contributed by atoms with van der Waals surface area (Å²) in [4.78, 5) is 0. The lowest BCUT2D eigenvalue weighted by atomic mass is 10.2. The Balaban J connectivity index is 1.92. The van der Waals surface area contributed by atoms with Gasteiger partial charge < -0.3 is 20.5 Å². The van der Waals surface area contributed by atoms with Crippen LogP contribution >= 0.6 is 0 Å². The molecule has 0 amide bonds. The van der Waals surface area contributed by atoms with Crippen LogP contribution in [0.1, 0.15) is 6.42 Å². The second-order valence-electron chi connectivity index (χ2n) is 4.66. The smallest absolute Gasteiger partial charge is 0.184 e. The van der Waals surface area contributed by atoms with Crippen LogP contribution < -0.4 is 20.5 Å². The van der Waals surface area contributed by atoms with E-state index in [1.165, 1.54) is 6.07 Å². The van der Waals surface area contributed by atoms with Gasteiger partial charge in [0, 0.05) is 18.2 Å². The molecule has 0 saturated heterocycles. The van der Waals surface area contributed by atoms with Crippen molar-refractivity contribution in [2.45, 2.75) is 6.42 Å². The van der Waals surface area contributed by atoms with Crippen molar-refractivity contribution in [2.24, 2.45) is 0 Å². The molecule has 0 aromatic heterocycles. The molecule has 3 N–H and O–H groups in total. The first-order valence-electron chi connectivity index (χ1n) is 6.55. The maximum atomic E-state index is 13.8. The molecule has 0 atom stereocenters. The number of nitrogens with one attached hydrogen (secondary N) is 1. The van der Waals surface area contributed by atoms with Crippen LogP contribution in [0.25, 0.3) is 0 Å². The molecule has 2 aromatic carbocycles. The zero-order chi connectivity index (χ0) is 14.8. The predicted molar refractivity (Wildman–Crippen MR) is 76.1 cm³/mol. The van der Waals surface area contributed by atoms with E-state index in [0.717, 1.165) is 12.5 Å². The van der Waals surface area contributed by atoms with Crippen molar-refractivity contribution >= 4 is 17.1 Å². The lowest BCUT2D eigenvalue weighted by molar-refractivity contribution is 0.297. The van der Waals surface area contributed by atoms with Gasteiger partial charge in [-0.1, -0.05) is 0 Å². The second kappa shape index (κ2) is 5.47. The van der Waals surface area contributed by atoms with Crippen molar-refractivity contribution in [1.82, 2.24) is 0 Å². The summed E-state index contributed by atoms with van der Waals surface area (Å²) in [7, 11) is 0. The van der Waals surface area contributed by atoms with E-state index in [9.17, 15) is 8.78 Å². The summed E-state index contributed by atoms with van der Waals surface area (Å²) in [5.74, 6) is -0.776. The number of anilines is 3. The van der Waals surface area contributed by atoms with E-state index in [-0.39, 0.29) is 11.4 Å². The molecule has 0 aliphatic carbocycles. The number of hydrogen-bond donors (Lipinski definition) is 2. The molecule has 1 aliphatic rings. The first-order chi connectivity index (χ1) is 10.1. The van der Waals surface area contributed by atoms with Crippen LogP contribution in [0.4, 0.5) is 25.8 Å². The van der Waals surface area contributed by atoms with E-state index < -0.39 is 11.6 Å². The summed E-state index contributed by atoms with van der Waals surface area (Å²) < 4.78 is 38.1. The van der Waals surface area contributed by atoms with E-state index in [2.05, 4.69) is 5.32 Å². The molecule has 1 heterocycles. The Morgan fingerprint density at radius 3 is 2.57 bits per heavy atom. The van der Waals surface area contributed by atoms with E-state index in [1.807, 2.05) is 0 Å². The van der Waals surface area contributed by atoms with Crippen molar-refractivity contribution in [3.63, 3.8) is 0 Å². The molecule has 0 radical (unpaired) electrons. The number of halogens is 2. The van der Waals surface area contributed by atoms with Gasteiger partial charge in [0.2, 0.25) is 0 Å². The fourth-order valence-corrected chi connectivity index (χ4v) is 2.08. The van der Waals surface area contributed by atoms with Gasteiger partial charge in [-0.05, 0) is 24.3 Å². The molecule has 0 bridgehead atoms. The minimum absolute atomic E-state index is 0.0931. The van der Waals surface area contributed by atoms with Gasteiger partial charge in [0.05, 0.1) is 18.9 Å². The van der Waals surface area contributed by atoms with E-state index in [4.69, 9.17) is 15.2 Å². The fourth-order valence-electron chi connectivity index (χ4n) is 2.08. The standard InChI is InChI=1S/C15H14F2N2O2/c16-10-3-4-11(18)15(14(10)17)19-9-2-5-12-13(8-9)21-7-1-6-20-12/h2-5,8,19H,1,6-7,18H2. The highest BCUT2D eigenvalue weighted by atomic mass is 19.2. The van der Waals surface area contributed by atoms with Crippen molar-refractivity contribution in [1.29, 1.82) is 0 Å². The summed E-state index contributed by atoms with van der Waals surface area (Å²) in [6.45, 7) is 1.14. The van der Waals surface area contributed by atoms with Gasteiger partial charge in [0.25, 0.3) is 0 Å². The molecule has 6 heteroatoms. The maximum absolute atomic E-state index is 13.8. The average Bonchev–Trinajstić information content (AvgIpc) is 2.72. The molecule has 1 aliphatic heterocycles. The Bertz CT molecular complexity index is 677. The molecule has 3 rings (SSSR count). The van der Waals surface area contributed by atoms with Gasteiger partial charge in [-0.2, -0.15) is 0 Å². The third-order valence-electron chi connectivity index (χ3n) is 3.14. The Hall–Kier alpha value is -2.50. The highest BCUT2D eigenvalue weighted by Gasteiger charge is 2.14. The van der Waals surface area contributed by atoms with Crippen LogP contribution in [-0.4, -0.2) is 13.2 Å². The Kier molecular flexibility index (Phi) is 3.51. The number of benzene rings is 2. The summed E-state index contributed by atoms with van der Waals surface area (Å²) in [6, 6.07) is 7.38. The normalized spacial score (nSPS) is 13.6. The SMILES string of the molecule is Nc1ccc(F)c(F)c1Nc1ccc2c(c1)OCCCO2. The van der Waals surface area contributed by atoms with Crippen LogP contribution in [0.2, 0.25) is 0 Å². The summed E-state index contributed by atoms with van der Waals surface area (Å²) in [6.07, 6.45) is 0.795. The van der Waals surface area contributed by atoms with Gasteiger partial charge in [-0.25, -0.2) is 8.78 Å². The molecule has 0 unspecified atom stereocenters. The number of hydrogen-bond acceptors (Lipinski definition) is 4. The third-order valence-corrected chi connectivity index (χ3v) is 3.14. The topological polar surface area (TPSA) is 56.5 Å². The molecule has 0 fully saturated rings. The predicted octanol–water partition coefficient (Wildman–Crippen LogP) is 3.45. The molecular weight excluding hydrogens is 278 g/mol. The quantitative estimate of drug-likeness (QED) is 0.832. The van der Waals surface area contributed by atoms with E-state index in [0.29, 0.717) is 30.4 Å². The van der Waals surface area contributed by atoms with Gasteiger partial charge >= 0.3 is 0 Å². The van der Waals surface area contributed by atoms with Crippen molar-refractivity contribution in [3.05, 3.63) is 42.0 Å². The fraction of sp³-hybridized carbons (Fsp3) is 0.200. The van der Waals surface area contributed by atoms with E-state index in [1.54, 1.807) is 18.2 Å². The van der Waals surface area contributed by atoms with Crippen LogP contribution in [0.3, 0.4) is 0 Å². The van der Waals surface area contributed by atoms with Crippen molar-refractivity contribution in [3.8, 4) is 11.5 Å². The van der Waals surface area contributed by atoms with E-state index >= 15 is 0 Å². The number of ether oxygens (including phenoxy) is 2. The third kappa shape index (κ3) is 2.69. The van der Waals surface area contributed by atoms with Crippen LogP contribution in [0.15, 0.2) is 30.3 Å². The number of nitrogen functional groups attached to an aromatic ring is 1. The van der Waals surface area contributed by atoms with Gasteiger partial charge in [-0.3, -0.25) is 0 Å². The zero-order valence-electron chi connectivity index (χ0n) is 11.2. The minimum Gasteiger partial charge on any atom is -0.490 e. The monoisotopic (exact) mass is 292 g/mol. The molecular formula is C15H14F2N2O2. The van der Waals surface area contributed by atoms with Crippen LogP contribution in [0.5, 0.6) is 11.5 Å². The second-order valence-corrected chi connectivity index (χ2v) is 4.66. The molecule has 0 saturated carbocycles. The lowest BCUT2D eigenvalue weighted by Crippen LogP contribution is -2.02. The summed E-state index contributed by atoms with van der Waals surface area (Å²) in [5, 5.41) is 2.78. The molecule has 110 valence electrons. The molecule has 4 nitrogen and oxygen atoms in total. The van der Waals surface area contributed by atoms with Crippen molar-refractivity contribution in [2.75, 3.05) is 24.3 Å². The zero-order valence-corrected chi connectivity index (χ0v) is 11.2. The number of nitrogens with two attached hydrogens (primary N) is 1. The average molecular weight is 292 g/mol. The summed E-state index contributed by atoms with van der Waals surface area (Å²) >= 11 is 0. The highest BCUT2D eigenvalue weighted by molar-refractivity contribution is 5.74. The Morgan fingerprint density at radius 1 is 1.00 bits per heavy atom.